The third-order valence-electron chi connectivity index (χ3n) is 6.15. The van der Waals surface area contributed by atoms with E-state index in [1.54, 1.807) is 21.6 Å². The molecule has 0 unspecified atom stereocenters. The Balaban J connectivity index is 1.51. The Hall–Kier alpha value is -3.71. The van der Waals surface area contributed by atoms with Gasteiger partial charge in [-0.3, -0.25) is 19.0 Å². The summed E-state index contributed by atoms with van der Waals surface area (Å²) in [7, 11) is 0. The number of benzene rings is 3. The van der Waals surface area contributed by atoms with Crippen molar-refractivity contribution < 1.29 is 9.59 Å². The maximum atomic E-state index is 13.5. The number of Topliss-reactive ketones (excluding diaryl/α,β-unsaturated/α-hetero) is 1. The van der Waals surface area contributed by atoms with E-state index in [1.807, 2.05) is 61.5 Å². The Morgan fingerprint density at radius 2 is 1.85 bits per heavy atom. The van der Waals surface area contributed by atoms with Crippen molar-refractivity contribution >= 4 is 40.5 Å². The van der Waals surface area contributed by atoms with Gasteiger partial charge in [-0.15, -0.1) is 0 Å². The van der Waals surface area contributed by atoms with Gasteiger partial charge in [0, 0.05) is 17.8 Å². The van der Waals surface area contributed by atoms with Crippen LogP contribution in [0.3, 0.4) is 0 Å². The molecule has 0 aliphatic carbocycles. The summed E-state index contributed by atoms with van der Waals surface area (Å²) >= 11 is 1.27. The molecule has 0 atom stereocenters. The number of nitrogens with zero attached hydrogens (tertiary/aromatic N) is 3. The van der Waals surface area contributed by atoms with Gasteiger partial charge in [-0.25, -0.2) is 4.98 Å². The van der Waals surface area contributed by atoms with Crippen LogP contribution in [0.25, 0.3) is 16.6 Å². The topological polar surface area (TPSA) is 72.3 Å². The van der Waals surface area contributed by atoms with Crippen molar-refractivity contribution in [3.8, 4) is 5.69 Å². The van der Waals surface area contributed by atoms with Crippen molar-refractivity contribution in [2.45, 2.75) is 24.9 Å². The minimum atomic E-state index is -0.145. The van der Waals surface area contributed by atoms with Crippen molar-refractivity contribution in [2.75, 3.05) is 17.2 Å². The number of para-hydroxylation sites is 2. The quantitative estimate of drug-likeness (QED) is 0.173. The molecule has 7 heteroatoms. The number of amides is 1. The molecule has 2 heterocycles. The maximum absolute atomic E-state index is 13.5. The van der Waals surface area contributed by atoms with Crippen LogP contribution in [0, 0.1) is 0 Å². The van der Waals surface area contributed by atoms with Crippen LogP contribution >= 0.6 is 11.8 Å². The van der Waals surface area contributed by atoms with Crippen LogP contribution in [0.4, 0.5) is 5.69 Å². The Morgan fingerprint density at radius 3 is 2.68 bits per heavy atom. The molecule has 6 nitrogen and oxygen atoms in total. The predicted octanol–water partition coefficient (Wildman–Crippen LogP) is 4.44. The fourth-order valence-corrected chi connectivity index (χ4v) is 5.27. The predicted molar refractivity (Wildman–Crippen MR) is 135 cm³/mol. The second-order valence-corrected chi connectivity index (χ2v) is 9.08. The molecule has 0 saturated carbocycles. The third-order valence-corrected chi connectivity index (χ3v) is 7.09. The van der Waals surface area contributed by atoms with Gasteiger partial charge < -0.3 is 4.90 Å². The summed E-state index contributed by atoms with van der Waals surface area (Å²) in [6, 6.07) is 20.5. The zero-order valence-corrected chi connectivity index (χ0v) is 19.5. The summed E-state index contributed by atoms with van der Waals surface area (Å²) in [6.45, 7) is 2.68. The lowest BCUT2D eigenvalue weighted by molar-refractivity contribution is -0.107. The van der Waals surface area contributed by atoms with Crippen molar-refractivity contribution in [2.24, 2.45) is 0 Å². The molecule has 5 rings (SSSR count). The number of anilines is 1. The molecule has 1 amide bonds. The molecule has 1 aliphatic rings. The number of aromatic nitrogens is 2. The van der Waals surface area contributed by atoms with Gasteiger partial charge in [-0.05, 0) is 60.4 Å². The first kappa shape index (κ1) is 22.1. The van der Waals surface area contributed by atoms with Crippen molar-refractivity contribution in [1.82, 2.24) is 9.55 Å². The van der Waals surface area contributed by atoms with E-state index < -0.39 is 0 Å². The summed E-state index contributed by atoms with van der Waals surface area (Å²) in [5.41, 5.74) is 4.75. The number of carbonyl (C=O) groups excluding carboxylic acids is 2. The Labute approximate surface area is 201 Å². The van der Waals surface area contributed by atoms with Crippen LogP contribution < -0.4 is 10.5 Å². The molecule has 34 heavy (non-hydrogen) atoms. The largest absolute Gasteiger partial charge is 0.314 e. The molecule has 1 aliphatic heterocycles. The molecule has 4 aromatic rings. The lowest BCUT2D eigenvalue weighted by Gasteiger charge is -2.16. The smallest absolute Gasteiger partial charge is 0.266 e. The Morgan fingerprint density at radius 1 is 1.06 bits per heavy atom. The molecule has 0 saturated heterocycles. The standard InChI is InChI=1S/C27H23N3O3S/c1-2-18-7-3-6-10-24(18)30-26(33)21-8-4-5-9-22(21)28-27(30)34-16-25(32)20-11-12-23-19(15-20)13-14-29(23)17-31/h3-12,15,17H,2,13-14,16H2,1H3. The molecule has 0 bridgehead atoms. The van der Waals surface area contributed by atoms with E-state index in [2.05, 4.69) is 0 Å². The summed E-state index contributed by atoms with van der Waals surface area (Å²) in [5, 5.41) is 1.04. The maximum Gasteiger partial charge on any atom is 0.266 e. The molecular weight excluding hydrogens is 446 g/mol. The van der Waals surface area contributed by atoms with E-state index in [-0.39, 0.29) is 17.1 Å². The first-order valence-electron chi connectivity index (χ1n) is 11.2. The van der Waals surface area contributed by atoms with Crippen LogP contribution in [-0.2, 0) is 17.6 Å². The average molecular weight is 470 g/mol. The molecule has 0 spiro atoms. The second kappa shape index (κ2) is 9.27. The lowest BCUT2D eigenvalue weighted by atomic mass is 10.1. The molecule has 0 N–H and O–H groups in total. The highest BCUT2D eigenvalue weighted by Gasteiger charge is 2.21. The number of ketones is 1. The monoisotopic (exact) mass is 469 g/mol. The molecule has 1 aromatic heterocycles. The van der Waals surface area contributed by atoms with Crippen LogP contribution in [0.2, 0.25) is 0 Å². The Bertz CT molecular complexity index is 1480. The minimum absolute atomic E-state index is 0.0462. The second-order valence-electron chi connectivity index (χ2n) is 8.14. The van der Waals surface area contributed by atoms with Crippen molar-refractivity contribution in [3.05, 3.63) is 93.8 Å². The van der Waals surface area contributed by atoms with Gasteiger partial charge in [-0.2, -0.15) is 0 Å². The van der Waals surface area contributed by atoms with E-state index in [9.17, 15) is 14.4 Å². The van der Waals surface area contributed by atoms with Gasteiger partial charge in [-0.1, -0.05) is 49.0 Å². The number of hydrogen-bond donors (Lipinski definition) is 0. The molecule has 0 radical (unpaired) electrons. The fourth-order valence-electron chi connectivity index (χ4n) is 4.37. The lowest BCUT2D eigenvalue weighted by Crippen LogP contribution is -2.23. The summed E-state index contributed by atoms with van der Waals surface area (Å²) < 4.78 is 1.63. The summed E-state index contributed by atoms with van der Waals surface area (Å²) in [5.74, 6) is 0.102. The van der Waals surface area contributed by atoms with Gasteiger partial charge in [0.15, 0.2) is 10.9 Å². The number of rotatable bonds is 7. The van der Waals surface area contributed by atoms with E-state index >= 15 is 0 Å². The highest BCUT2D eigenvalue weighted by Crippen LogP contribution is 2.29. The first-order chi connectivity index (χ1) is 16.6. The van der Waals surface area contributed by atoms with Crippen molar-refractivity contribution in [3.63, 3.8) is 0 Å². The Kier molecular flexibility index (Phi) is 6.02. The zero-order valence-electron chi connectivity index (χ0n) is 18.7. The highest BCUT2D eigenvalue weighted by molar-refractivity contribution is 7.99. The van der Waals surface area contributed by atoms with Crippen LogP contribution in [0.15, 0.2) is 76.7 Å². The van der Waals surface area contributed by atoms with Crippen LogP contribution in [-0.4, -0.2) is 34.0 Å². The molecule has 0 fully saturated rings. The number of fused-ring (bicyclic) bond motifs is 2. The number of aryl methyl sites for hydroxylation is 1. The number of thioether (sulfide) groups is 1. The summed E-state index contributed by atoms with van der Waals surface area (Å²) in [6.07, 6.45) is 2.33. The van der Waals surface area contributed by atoms with Crippen molar-refractivity contribution in [1.29, 1.82) is 0 Å². The molecule has 3 aromatic carbocycles. The van der Waals surface area contributed by atoms with Gasteiger partial charge in [0.05, 0.1) is 22.3 Å². The van der Waals surface area contributed by atoms with Crippen LogP contribution in [0.5, 0.6) is 0 Å². The van der Waals surface area contributed by atoms with Gasteiger partial charge >= 0.3 is 0 Å². The zero-order chi connectivity index (χ0) is 23.7. The number of carbonyl (C=O) groups is 2. The van der Waals surface area contributed by atoms with Gasteiger partial charge in [0.25, 0.3) is 5.56 Å². The fraction of sp³-hybridized carbons (Fsp3) is 0.185. The molecular formula is C27H23N3O3S. The SMILES string of the molecule is CCc1ccccc1-n1c(SCC(=O)c2ccc3c(c2)CCN3C=O)nc2ccccc2c1=O. The van der Waals surface area contributed by atoms with E-state index in [4.69, 9.17) is 4.98 Å². The van der Waals surface area contributed by atoms with Gasteiger partial charge in [0.1, 0.15) is 0 Å². The molecule has 170 valence electrons. The van der Waals surface area contributed by atoms with E-state index in [0.29, 0.717) is 28.2 Å². The first-order valence-corrected chi connectivity index (χ1v) is 12.2. The van der Waals surface area contributed by atoms with Crippen LogP contribution in [0.1, 0.15) is 28.4 Å². The van der Waals surface area contributed by atoms with E-state index in [1.165, 1.54) is 11.8 Å². The normalized spacial score (nSPS) is 12.7. The highest BCUT2D eigenvalue weighted by atomic mass is 32.2. The average Bonchev–Trinajstić information content (AvgIpc) is 3.30. The number of hydrogen-bond acceptors (Lipinski definition) is 5. The third kappa shape index (κ3) is 3.92. The summed E-state index contributed by atoms with van der Waals surface area (Å²) in [4.78, 5) is 44.2. The minimum Gasteiger partial charge on any atom is -0.314 e. The van der Waals surface area contributed by atoms with E-state index in [0.717, 1.165) is 41.8 Å². The van der Waals surface area contributed by atoms with Gasteiger partial charge in [0.2, 0.25) is 6.41 Å².